The predicted octanol–water partition coefficient (Wildman–Crippen LogP) is 2.47. The number of rotatable bonds is 10. The fraction of sp³-hybridized carbons (Fsp3) is 0.611. The molecule has 25 heavy (non-hydrogen) atoms. The minimum Gasteiger partial charge on any atom is -0.492 e. The van der Waals surface area contributed by atoms with Crippen molar-refractivity contribution in [3.8, 4) is 5.75 Å². The van der Waals surface area contributed by atoms with Gasteiger partial charge < -0.3 is 24.8 Å². The Labute approximate surface area is 154 Å². The summed E-state index contributed by atoms with van der Waals surface area (Å²) in [5.74, 6) is 1.57. The summed E-state index contributed by atoms with van der Waals surface area (Å²) in [5.41, 5.74) is 0. The first-order valence-electron chi connectivity index (χ1n) is 8.80. The summed E-state index contributed by atoms with van der Waals surface area (Å²) >= 11 is 5.84. The van der Waals surface area contributed by atoms with Gasteiger partial charge in [0.25, 0.3) is 0 Å². The number of benzene rings is 1. The van der Waals surface area contributed by atoms with Crippen molar-refractivity contribution in [1.29, 1.82) is 0 Å². The van der Waals surface area contributed by atoms with Gasteiger partial charge in [0.15, 0.2) is 5.96 Å². The largest absolute Gasteiger partial charge is 0.492 e. The highest BCUT2D eigenvalue weighted by Gasteiger charge is 2.14. The summed E-state index contributed by atoms with van der Waals surface area (Å²) in [5, 5.41) is 7.18. The molecular weight excluding hydrogens is 342 g/mol. The number of guanidine groups is 1. The number of halogens is 1. The zero-order valence-electron chi connectivity index (χ0n) is 14.8. The van der Waals surface area contributed by atoms with Crippen molar-refractivity contribution in [2.45, 2.75) is 25.4 Å². The average molecular weight is 370 g/mol. The summed E-state index contributed by atoms with van der Waals surface area (Å²) in [7, 11) is 1.75. The van der Waals surface area contributed by atoms with E-state index in [0.29, 0.717) is 30.9 Å². The van der Waals surface area contributed by atoms with Crippen LogP contribution in [0.25, 0.3) is 0 Å². The highest BCUT2D eigenvalue weighted by atomic mass is 35.5. The number of ether oxygens (including phenoxy) is 3. The lowest BCUT2D eigenvalue weighted by atomic mass is 10.2. The van der Waals surface area contributed by atoms with E-state index in [1.165, 1.54) is 0 Å². The molecule has 0 aromatic heterocycles. The van der Waals surface area contributed by atoms with Gasteiger partial charge in [-0.2, -0.15) is 0 Å². The first-order chi connectivity index (χ1) is 12.3. The van der Waals surface area contributed by atoms with Gasteiger partial charge in [-0.3, -0.25) is 4.99 Å². The van der Waals surface area contributed by atoms with Gasteiger partial charge in [0.05, 0.1) is 19.3 Å². The maximum atomic E-state index is 5.84. The van der Waals surface area contributed by atoms with Crippen LogP contribution in [0.1, 0.15) is 19.3 Å². The highest BCUT2D eigenvalue weighted by Crippen LogP contribution is 2.15. The Morgan fingerprint density at radius 1 is 1.24 bits per heavy atom. The number of aliphatic imine (C=N–C) groups is 1. The Hall–Kier alpha value is -1.50. The van der Waals surface area contributed by atoms with Crippen LogP contribution in [0.2, 0.25) is 5.02 Å². The van der Waals surface area contributed by atoms with Crippen LogP contribution in [0.15, 0.2) is 29.3 Å². The van der Waals surface area contributed by atoms with Crippen LogP contribution in [-0.4, -0.2) is 58.6 Å². The lowest BCUT2D eigenvalue weighted by Crippen LogP contribution is -2.39. The zero-order valence-corrected chi connectivity index (χ0v) is 15.6. The molecule has 7 heteroatoms. The molecule has 0 saturated carbocycles. The lowest BCUT2D eigenvalue weighted by molar-refractivity contribution is 0.0168. The van der Waals surface area contributed by atoms with E-state index in [9.17, 15) is 0 Å². The fourth-order valence-corrected chi connectivity index (χ4v) is 2.59. The molecule has 0 bridgehead atoms. The molecule has 1 saturated heterocycles. The molecule has 1 unspecified atom stereocenters. The number of hydrogen-bond donors (Lipinski definition) is 2. The summed E-state index contributed by atoms with van der Waals surface area (Å²) in [6, 6.07) is 7.33. The molecule has 2 N–H and O–H groups in total. The molecule has 0 radical (unpaired) electrons. The Bertz CT molecular complexity index is 505. The number of nitrogens with one attached hydrogen (secondary N) is 2. The molecule has 1 heterocycles. The third-order valence-corrected chi connectivity index (χ3v) is 4.04. The van der Waals surface area contributed by atoms with Gasteiger partial charge in [0.1, 0.15) is 12.4 Å². The van der Waals surface area contributed by atoms with Gasteiger partial charge in [-0.1, -0.05) is 11.6 Å². The molecule has 2 rings (SSSR count). The van der Waals surface area contributed by atoms with Gasteiger partial charge in [-0.15, -0.1) is 0 Å². The second kappa shape index (κ2) is 12.0. The van der Waals surface area contributed by atoms with Crippen molar-refractivity contribution < 1.29 is 14.2 Å². The standard InChI is InChI=1S/C18H28ClN3O3/c1-20-18(21-9-3-11-23-14-17-4-2-12-24-17)22-10-13-25-16-7-5-15(19)6-8-16/h5-8,17H,2-4,9-14H2,1H3,(H2,20,21,22). The van der Waals surface area contributed by atoms with Crippen LogP contribution in [0, 0.1) is 0 Å². The molecular formula is C18H28ClN3O3. The highest BCUT2D eigenvalue weighted by molar-refractivity contribution is 6.30. The third-order valence-electron chi connectivity index (χ3n) is 3.79. The molecule has 0 spiro atoms. The molecule has 1 aromatic rings. The molecule has 1 aliphatic heterocycles. The SMILES string of the molecule is CN=C(NCCCOCC1CCCO1)NCCOc1ccc(Cl)cc1. The second-order valence-corrected chi connectivity index (χ2v) is 6.23. The van der Waals surface area contributed by atoms with E-state index >= 15 is 0 Å². The molecule has 1 aliphatic rings. The molecule has 1 fully saturated rings. The van der Waals surface area contributed by atoms with E-state index < -0.39 is 0 Å². The number of nitrogens with zero attached hydrogens (tertiary/aromatic N) is 1. The fourth-order valence-electron chi connectivity index (χ4n) is 2.46. The number of hydrogen-bond acceptors (Lipinski definition) is 4. The average Bonchev–Trinajstić information content (AvgIpc) is 3.14. The van der Waals surface area contributed by atoms with E-state index in [2.05, 4.69) is 15.6 Å². The predicted molar refractivity (Wildman–Crippen MR) is 101 cm³/mol. The van der Waals surface area contributed by atoms with Crippen molar-refractivity contribution in [2.24, 2.45) is 4.99 Å². The second-order valence-electron chi connectivity index (χ2n) is 5.79. The van der Waals surface area contributed by atoms with Crippen molar-refractivity contribution in [3.63, 3.8) is 0 Å². The molecule has 0 amide bonds. The van der Waals surface area contributed by atoms with E-state index in [-0.39, 0.29) is 0 Å². The van der Waals surface area contributed by atoms with Crippen LogP contribution in [0.3, 0.4) is 0 Å². The normalized spacial score (nSPS) is 17.5. The van der Waals surface area contributed by atoms with Gasteiger partial charge in [0.2, 0.25) is 0 Å². The summed E-state index contributed by atoms with van der Waals surface area (Å²) in [6.45, 7) is 4.33. The van der Waals surface area contributed by atoms with E-state index in [4.69, 9.17) is 25.8 Å². The molecule has 1 aromatic carbocycles. The smallest absolute Gasteiger partial charge is 0.191 e. The van der Waals surface area contributed by atoms with Gasteiger partial charge in [0, 0.05) is 31.8 Å². The van der Waals surface area contributed by atoms with E-state index in [1.54, 1.807) is 7.05 Å². The van der Waals surface area contributed by atoms with Crippen LogP contribution in [-0.2, 0) is 9.47 Å². The Kier molecular flexibility index (Phi) is 9.47. The summed E-state index contributed by atoms with van der Waals surface area (Å²) < 4.78 is 16.8. The van der Waals surface area contributed by atoms with Crippen LogP contribution >= 0.6 is 11.6 Å². The Morgan fingerprint density at radius 3 is 2.76 bits per heavy atom. The van der Waals surface area contributed by atoms with E-state index in [0.717, 1.165) is 50.7 Å². The Balaban J connectivity index is 1.46. The quantitative estimate of drug-likeness (QED) is 0.377. The zero-order chi connectivity index (χ0) is 17.7. The minimum absolute atomic E-state index is 0.294. The Morgan fingerprint density at radius 2 is 2.04 bits per heavy atom. The van der Waals surface area contributed by atoms with Crippen molar-refractivity contribution in [1.82, 2.24) is 10.6 Å². The van der Waals surface area contributed by atoms with Crippen molar-refractivity contribution in [2.75, 3.05) is 46.6 Å². The van der Waals surface area contributed by atoms with Gasteiger partial charge in [-0.25, -0.2) is 0 Å². The van der Waals surface area contributed by atoms with Crippen molar-refractivity contribution >= 4 is 17.6 Å². The summed E-state index contributed by atoms with van der Waals surface area (Å²) in [6.07, 6.45) is 3.49. The van der Waals surface area contributed by atoms with Crippen LogP contribution < -0.4 is 15.4 Å². The minimum atomic E-state index is 0.294. The molecule has 0 aliphatic carbocycles. The third kappa shape index (κ3) is 8.43. The van der Waals surface area contributed by atoms with Gasteiger partial charge in [-0.05, 0) is 43.5 Å². The first-order valence-corrected chi connectivity index (χ1v) is 9.18. The first kappa shape index (κ1) is 19.8. The summed E-state index contributed by atoms with van der Waals surface area (Å²) in [4.78, 5) is 4.19. The lowest BCUT2D eigenvalue weighted by Gasteiger charge is -2.13. The van der Waals surface area contributed by atoms with Crippen molar-refractivity contribution in [3.05, 3.63) is 29.3 Å². The topological polar surface area (TPSA) is 64.1 Å². The van der Waals surface area contributed by atoms with Gasteiger partial charge >= 0.3 is 0 Å². The van der Waals surface area contributed by atoms with Crippen LogP contribution in [0.4, 0.5) is 0 Å². The monoisotopic (exact) mass is 369 g/mol. The molecule has 1 atom stereocenters. The molecule has 140 valence electrons. The maximum absolute atomic E-state index is 5.84. The van der Waals surface area contributed by atoms with E-state index in [1.807, 2.05) is 24.3 Å². The van der Waals surface area contributed by atoms with Crippen LogP contribution in [0.5, 0.6) is 5.75 Å². The maximum Gasteiger partial charge on any atom is 0.191 e. The molecule has 6 nitrogen and oxygen atoms in total.